The predicted molar refractivity (Wildman–Crippen MR) is 86.7 cm³/mol. The van der Waals surface area contributed by atoms with Crippen LogP contribution < -0.4 is 10.5 Å². The number of hydrogen-bond acceptors (Lipinski definition) is 5. The second-order valence-corrected chi connectivity index (χ2v) is 5.57. The minimum absolute atomic E-state index is 0.115. The molecule has 22 heavy (non-hydrogen) atoms. The molecular weight excluding hydrogens is 278 g/mol. The zero-order valence-electron chi connectivity index (χ0n) is 13.2. The number of nitrogens with two attached hydrogens (primary N) is 1. The van der Waals surface area contributed by atoms with Crippen LogP contribution in [0.2, 0.25) is 0 Å². The van der Waals surface area contributed by atoms with Crippen LogP contribution in [-0.2, 0) is 7.05 Å². The summed E-state index contributed by atoms with van der Waals surface area (Å²) in [4.78, 5) is 8.36. The van der Waals surface area contributed by atoms with Crippen LogP contribution in [0.1, 0.15) is 19.4 Å². The molecule has 6 nitrogen and oxygen atoms in total. The lowest BCUT2D eigenvalue weighted by atomic mass is 10.0. The van der Waals surface area contributed by atoms with Gasteiger partial charge in [-0.05, 0) is 38.5 Å². The maximum absolute atomic E-state index is 6.04. The first-order valence-corrected chi connectivity index (χ1v) is 7.18. The zero-order valence-corrected chi connectivity index (χ0v) is 13.2. The van der Waals surface area contributed by atoms with Gasteiger partial charge in [-0.1, -0.05) is 6.07 Å². The molecule has 0 fully saturated rings. The maximum Gasteiger partial charge on any atom is 0.163 e. The summed E-state index contributed by atoms with van der Waals surface area (Å²) in [6, 6.07) is 5.97. The van der Waals surface area contributed by atoms with Crippen molar-refractivity contribution in [2.45, 2.75) is 26.9 Å². The highest BCUT2D eigenvalue weighted by Gasteiger charge is 2.17. The number of ether oxygens (including phenoxy) is 1. The third kappa shape index (κ3) is 2.36. The molecule has 0 radical (unpaired) electrons. The number of hydrogen-bond donors (Lipinski definition) is 1. The minimum Gasteiger partial charge on any atom is -0.491 e. The quantitative estimate of drug-likeness (QED) is 0.804. The minimum atomic E-state index is 0.115. The van der Waals surface area contributed by atoms with E-state index in [1.807, 2.05) is 46.0 Å². The normalized spacial score (nSPS) is 11.3. The molecule has 6 heteroatoms. The lowest BCUT2D eigenvalue weighted by Gasteiger charge is -2.12. The van der Waals surface area contributed by atoms with Gasteiger partial charge in [-0.25, -0.2) is 14.6 Å². The Morgan fingerprint density at radius 3 is 2.73 bits per heavy atom. The molecule has 0 amide bonds. The molecule has 2 N–H and O–H groups in total. The van der Waals surface area contributed by atoms with Crippen molar-refractivity contribution in [2.24, 2.45) is 7.05 Å². The lowest BCUT2D eigenvalue weighted by Crippen LogP contribution is -2.05. The molecule has 0 saturated heterocycles. The SMILES string of the molecule is Cc1ccc(OC(C)C)cc1-c1nn(C)c2ncnc(N)c12. The summed E-state index contributed by atoms with van der Waals surface area (Å²) in [6.45, 7) is 6.04. The number of anilines is 1. The molecular formula is C16H19N5O. The Balaban J connectivity index is 2.23. The summed E-state index contributed by atoms with van der Waals surface area (Å²) < 4.78 is 7.50. The highest BCUT2D eigenvalue weighted by Crippen LogP contribution is 2.33. The third-order valence-electron chi connectivity index (χ3n) is 3.49. The molecule has 3 rings (SSSR count). The largest absolute Gasteiger partial charge is 0.491 e. The van der Waals surface area contributed by atoms with Crippen LogP contribution in [0.3, 0.4) is 0 Å². The van der Waals surface area contributed by atoms with Gasteiger partial charge in [0.15, 0.2) is 5.65 Å². The van der Waals surface area contributed by atoms with E-state index in [0.717, 1.165) is 33.6 Å². The van der Waals surface area contributed by atoms with Crippen molar-refractivity contribution in [2.75, 3.05) is 5.73 Å². The number of benzene rings is 1. The Morgan fingerprint density at radius 2 is 2.00 bits per heavy atom. The molecule has 0 aliphatic heterocycles. The summed E-state index contributed by atoms with van der Waals surface area (Å²) in [6.07, 6.45) is 1.57. The topological polar surface area (TPSA) is 78.8 Å². The third-order valence-corrected chi connectivity index (χ3v) is 3.49. The molecule has 2 heterocycles. The Kier molecular flexibility index (Phi) is 3.44. The Hall–Kier alpha value is -2.63. The van der Waals surface area contributed by atoms with Crippen molar-refractivity contribution < 1.29 is 4.74 Å². The van der Waals surface area contributed by atoms with Crippen LogP contribution in [-0.4, -0.2) is 25.9 Å². The van der Waals surface area contributed by atoms with Gasteiger partial charge in [-0.15, -0.1) is 0 Å². The van der Waals surface area contributed by atoms with Gasteiger partial charge in [0.05, 0.1) is 11.5 Å². The fourth-order valence-corrected chi connectivity index (χ4v) is 2.50. The summed E-state index contributed by atoms with van der Waals surface area (Å²) in [5.74, 6) is 1.24. The van der Waals surface area contributed by atoms with E-state index >= 15 is 0 Å². The number of aromatic nitrogens is 4. The van der Waals surface area contributed by atoms with E-state index in [1.165, 1.54) is 6.33 Å². The first kappa shape index (κ1) is 14.3. The van der Waals surface area contributed by atoms with Crippen LogP contribution in [0.25, 0.3) is 22.3 Å². The van der Waals surface area contributed by atoms with Gasteiger partial charge in [-0.2, -0.15) is 5.10 Å². The number of rotatable bonds is 3. The van der Waals surface area contributed by atoms with E-state index in [2.05, 4.69) is 15.1 Å². The number of aryl methyl sites for hydroxylation is 2. The van der Waals surface area contributed by atoms with Crippen molar-refractivity contribution in [3.8, 4) is 17.0 Å². The fourth-order valence-electron chi connectivity index (χ4n) is 2.50. The molecule has 3 aromatic rings. The van der Waals surface area contributed by atoms with Crippen molar-refractivity contribution in [3.05, 3.63) is 30.1 Å². The monoisotopic (exact) mass is 297 g/mol. The maximum atomic E-state index is 6.04. The molecule has 2 aromatic heterocycles. The Bertz CT molecular complexity index is 838. The van der Waals surface area contributed by atoms with Gasteiger partial charge in [0, 0.05) is 12.6 Å². The fraction of sp³-hybridized carbons (Fsp3) is 0.312. The van der Waals surface area contributed by atoms with E-state index in [1.54, 1.807) is 4.68 Å². The van der Waals surface area contributed by atoms with Crippen LogP contribution in [0.4, 0.5) is 5.82 Å². The van der Waals surface area contributed by atoms with E-state index in [-0.39, 0.29) is 6.10 Å². The summed E-state index contributed by atoms with van der Waals surface area (Å²) in [5.41, 5.74) is 9.61. The van der Waals surface area contributed by atoms with Gasteiger partial charge in [-0.3, -0.25) is 0 Å². The van der Waals surface area contributed by atoms with E-state index < -0.39 is 0 Å². The van der Waals surface area contributed by atoms with Crippen molar-refractivity contribution in [1.82, 2.24) is 19.7 Å². The van der Waals surface area contributed by atoms with E-state index in [0.29, 0.717) is 5.82 Å². The number of nitrogen functional groups attached to an aromatic ring is 1. The van der Waals surface area contributed by atoms with Crippen molar-refractivity contribution in [1.29, 1.82) is 0 Å². The summed E-state index contributed by atoms with van der Waals surface area (Å²) >= 11 is 0. The molecule has 0 unspecified atom stereocenters. The Labute approximate surface area is 128 Å². The predicted octanol–water partition coefficient (Wildman–Crippen LogP) is 2.71. The average Bonchev–Trinajstić information content (AvgIpc) is 2.79. The van der Waals surface area contributed by atoms with E-state index in [4.69, 9.17) is 10.5 Å². The highest BCUT2D eigenvalue weighted by atomic mass is 16.5. The molecule has 0 bridgehead atoms. The van der Waals surface area contributed by atoms with Crippen LogP contribution in [0.5, 0.6) is 5.75 Å². The Morgan fingerprint density at radius 1 is 1.23 bits per heavy atom. The molecule has 0 aliphatic rings. The summed E-state index contributed by atoms with van der Waals surface area (Å²) in [5, 5.41) is 5.35. The molecule has 0 spiro atoms. The molecule has 0 aliphatic carbocycles. The van der Waals surface area contributed by atoms with Crippen LogP contribution in [0.15, 0.2) is 24.5 Å². The number of nitrogens with zero attached hydrogens (tertiary/aromatic N) is 4. The van der Waals surface area contributed by atoms with Crippen molar-refractivity contribution in [3.63, 3.8) is 0 Å². The lowest BCUT2D eigenvalue weighted by molar-refractivity contribution is 0.242. The van der Waals surface area contributed by atoms with Gasteiger partial charge in [0.2, 0.25) is 0 Å². The first-order valence-electron chi connectivity index (χ1n) is 7.18. The summed E-state index contributed by atoms with van der Waals surface area (Å²) in [7, 11) is 1.85. The first-order chi connectivity index (χ1) is 10.5. The van der Waals surface area contributed by atoms with Crippen molar-refractivity contribution >= 4 is 16.9 Å². The average molecular weight is 297 g/mol. The van der Waals surface area contributed by atoms with Gasteiger partial charge >= 0.3 is 0 Å². The van der Waals surface area contributed by atoms with Gasteiger partial charge in [0.1, 0.15) is 23.6 Å². The second kappa shape index (κ2) is 5.29. The standard InChI is InChI=1S/C16H19N5O/c1-9(2)22-11-6-5-10(3)12(7-11)14-13-15(17)18-8-19-16(13)21(4)20-14/h5-9H,1-4H3,(H2,17,18,19). The van der Waals surface area contributed by atoms with Gasteiger partial charge < -0.3 is 10.5 Å². The molecule has 114 valence electrons. The van der Waals surface area contributed by atoms with Crippen LogP contribution in [0, 0.1) is 6.92 Å². The molecule has 0 saturated carbocycles. The van der Waals surface area contributed by atoms with Crippen LogP contribution >= 0.6 is 0 Å². The molecule has 1 aromatic carbocycles. The number of fused-ring (bicyclic) bond motifs is 1. The van der Waals surface area contributed by atoms with Gasteiger partial charge in [0.25, 0.3) is 0 Å². The second-order valence-electron chi connectivity index (χ2n) is 5.57. The van der Waals surface area contributed by atoms with E-state index in [9.17, 15) is 0 Å². The highest BCUT2D eigenvalue weighted by molar-refractivity contribution is 5.98. The smallest absolute Gasteiger partial charge is 0.163 e. The molecule has 0 atom stereocenters. The zero-order chi connectivity index (χ0) is 15.9.